The molecule has 2 aliphatic rings. The van der Waals surface area contributed by atoms with Crippen LogP contribution in [0.25, 0.3) is 0 Å². The molecule has 2 aliphatic carbocycles. The number of sulfonamides is 1. The molecule has 4 rings (SSSR count). The summed E-state index contributed by atoms with van der Waals surface area (Å²) in [7, 11) is -3.88. The monoisotopic (exact) mass is 400 g/mol. The Balaban J connectivity index is 1.54. The summed E-state index contributed by atoms with van der Waals surface area (Å²) in [5, 5.41) is 2.87. The highest BCUT2D eigenvalue weighted by Crippen LogP contribution is 2.43. The molecule has 1 amide bonds. The summed E-state index contributed by atoms with van der Waals surface area (Å²) in [6.07, 6.45) is 6.14. The molecule has 7 heteroatoms. The molecule has 146 valence electrons. The second-order valence-corrected chi connectivity index (χ2v) is 9.12. The number of hydrogen-bond acceptors (Lipinski definition) is 3. The summed E-state index contributed by atoms with van der Waals surface area (Å²) in [6.45, 7) is 1.69. The van der Waals surface area contributed by atoms with Crippen molar-refractivity contribution in [3.63, 3.8) is 0 Å². The van der Waals surface area contributed by atoms with Crippen LogP contribution in [0.15, 0.2) is 59.5 Å². The number of amides is 1. The van der Waals surface area contributed by atoms with Crippen LogP contribution in [0.3, 0.4) is 0 Å². The predicted octanol–water partition coefficient (Wildman–Crippen LogP) is 4.09. The lowest BCUT2D eigenvalue weighted by Crippen LogP contribution is -2.26. The Kier molecular flexibility index (Phi) is 4.71. The van der Waals surface area contributed by atoms with Crippen LogP contribution in [0.4, 0.5) is 15.8 Å². The van der Waals surface area contributed by atoms with Gasteiger partial charge in [0.1, 0.15) is 5.82 Å². The molecule has 0 unspecified atom stereocenters. The molecule has 0 saturated heterocycles. The average Bonchev–Trinajstić information content (AvgIpc) is 3.28. The molecule has 0 heterocycles. The van der Waals surface area contributed by atoms with Gasteiger partial charge < -0.3 is 5.32 Å². The zero-order valence-corrected chi connectivity index (χ0v) is 16.2. The summed E-state index contributed by atoms with van der Waals surface area (Å²) in [5.41, 5.74) is 1.27. The third kappa shape index (κ3) is 3.67. The van der Waals surface area contributed by atoms with E-state index >= 15 is 0 Å². The van der Waals surface area contributed by atoms with Crippen molar-refractivity contribution < 1.29 is 17.6 Å². The minimum absolute atomic E-state index is 0.0614. The van der Waals surface area contributed by atoms with Crippen LogP contribution in [-0.2, 0) is 14.8 Å². The number of allylic oxidation sites excluding steroid dienone is 2. The van der Waals surface area contributed by atoms with Crippen molar-refractivity contribution in [3.05, 3.63) is 66.0 Å². The first-order valence-electron chi connectivity index (χ1n) is 9.20. The highest BCUT2D eigenvalue weighted by atomic mass is 32.2. The summed E-state index contributed by atoms with van der Waals surface area (Å²) < 4.78 is 41.0. The van der Waals surface area contributed by atoms with E-state index in [-0.39, 0.29) is 28.3 Å². The van der Waals surface area contributed by atoms with E-state index in [1.54, 1.807) is 19.1 Å². The first-order valence-corrected chi connectivity index (χ1v) is 10.7. The van der Waals surface area contributed by atoms with Gasteiger partial charge in [0, 0.05) is 17.3 Å². The zero-order chi connectivity index (χ0) is 19.9. The predicted molar refractivity (Wildman–Crippen MR) is 106 cm³/mol. The van der Waals surface area contributed by atoms with Crippen molar-refractivity contribution in [1.82, 2.24) is 0 Å². The third-order valence-corrected chi connectivity index (χ3v) is 6.98. The van der Waals surface area contributed by atoms with E-state index in [9.17, 15) is 17.6 Å². The highest BCUT2D eigenvalue weighted by Gasteiger charge is 2.39. The number of fused-ring (bicyclic) bond motifs is 2. The van der Waals surface area contributed by atoms with Gasteiger partial charge in [0.25, 0.3) is 10.0 Å². The van der Waals surface area contributed by atoms with Crippen LogP contribution < -0.4 is 10.0 Å². The molecule has 0 aliphatic heterocycles. The third-order valence-electron chi connectivity index (χ3n) is 5.46. The SMILES string of the molecule is Cc1ccc(NC(=O)[C@@H]2C[C@@H]3C=C[C@@H]2C3)cc1S(=O)(=O)Nc1ccc(F)cc1. The summed E-state index contributed by atoms with van der Waals surface area (Å²) in [5.74, 6) is 0.178. The zero-order valence-electron chi connectivity index (χ0n) is 15.4. The van der Waals surface area contributed by atoms with Gasteiger partial charge in [-0.3, -0.25) is 9.52 Å². The van der Waals surface area contributed by atoms with Crippen LogP contribution in [0.1, 0.15) is 18.4 Å². The quantitative estimate of drug-likeness (QED) is 0.743. The molecule has 2 aromatic rings. The summed E-state index contributed by atoms with van der Waals surface area (Å²) in [6, 6.07) is 9.91. The van der Waals surface area contributed by atoms with Gasteiger partial charge in [-0.2, -0.15) is 0 Å². The van der Waals surface area contributed by atoms with Gasteiger partial charge in [0.15, 0.2) is 0 Å². The standard InChI is InChI=1S/C21H21FN2O3S/c1-13-2-7-18(23-21(25)19-11-14-3-4-15(19)10-14)12-20(13)28(26,27)24-17-8-5-16(22)6-9-17/h2-9,12,14-15,19,24H,10-11H2,1H3,(H,23,25)/t14-,15-,19-/m1/s1. The van der Waals surface area contributed by atoms with Crippen molar-refractivity contribution in [3.8, 4) is 0 Å². The second kappa shape index (κ2) is 7.05. The Morgan fingerprint density at radius 2 is 1.75 bits per heavy atom. The fraction of sp³-hybridized carbons (Fsp3) is 0.286. The number of carbonyl (C=O) groups excluding carboxylic acids is 1. The lowest BCUT2D eigenvalue weighted by molar-refractivity contribution is -0.120. The fourth-order valence-corrected chi connectivity index (χ4v) is 5.34. The minimum Gasteiger partial charge on any atom is -0.326 e. The lowest BCUT2D eigenvalue weighted by Gasteiger charge is -2.18. The summed E-state index contributed by atoms with van der Waals surface area (Å²) in [4.78, 5) is 12.7. The molecule has 1 saturated carbocycles. The Hall–Kier alpha value is -2.67. The van der Waals surface area contributed by atoms with Crippen molar-refractivity contribution in [1.29, 1.82) is 0 Å². The smallest absolute Gasteiger partial charge is 0.262 e. The molecule has 2 bridgehead atoms. The molecular weight excluding hydrogens is 379 g/mol. The Bertz CT molecular complexity index is 1050. The molecule has 2 N–H and O–H groups in total. The van der Waals surface area contributed by atoms with E-state index in [2.05, 4.69) is 22.2 Å². The van der Waals surface area contributed by atoms with Gasteiger partial charge in [-0.1, -0.05) is 18.2 Å². The molecule has 28 heavy (non-hydrogen) atoms. The molecule has 3 atom stereocenters. The second-order valence-electron chi connectivity index (χ2n) is 7.47. The van der Waals surface area contributed by atoms with Gasteiger partial charge >= 0.3 is 0 Å². The first-order chi connectivity index (χ1) is 13.3. The van der Waals surface area contributed by atoms with Crippen LogP contribution in [0, 0.1) is 30.5 Å². The van der Waals surface area contributed by atoms with E-state index in [1.807, 2.05) is 0 Å². The van der Waals surface area contributed by atoms with Gasteiger partial charge in [-0.05, 0) is 73.6 Å². The molecule has 0 radical (unpaired) electrons. The maximum absolute atomic E-state index is 13.0. The fourth-order valence-electron chi connectivity index (χ4n) is 4.01. The molecule has 0 spiro atoms. The van der Waals surface area contributed by atoms with Gasteiger partial charge in [-0.15, -0.1) is 0 Å². The maximum Gasteiger partial charge on any atom is 0.262 e. The van der Waals surface area contributed by atoms with E-state index in [1.165, 1.54) is 30.3 Å². The van der Waals surface area contributed by atoms with Crippen molar-refractivity contribution in [2.24, 2.45) is 17.8 Å². The average molecular weight is 400 g/mol. The first kappa shape index (κ1) is 18.7. The van der Waals surface area contributed by atoms with E-state index in [0.717, 1.165) is 12.8 Å². The number of anilines is 2. The number of benzene rings is 2. The van der Waals surface area contributed by atoms with E-state index < -0.39 is 15.8 Å². The topological polar surface area (TPSA) is 75.3 Å². The van der Waals surface area contributed by atoms with Crippen LogP contribution >= 0.6 is 0 Å². The highest BCUT2D eigenvalue weighted by molar-refractivity contribution is 7.92. The molecule has 2 aromatic carbocycles. The van der Waals surface area contributed by atoms with Gasteiger partial charge in [-0.25, -0.2) is 12.8 Å². The van der Waals surface area contributed by atoms with Gasteiger partial charge in [0.05, 0.1) is 4.90 Å². The lowest BCUT2D eigenvalue weighted by atomic mass is 9.93. The normalized spacial score (nSPS) is 23.0. The Morgan fingerprint density at radius 3 is 2.39 bits per heavy atom. The number of aryl methyl sites for hydroxylation is 1. The number of rotatable bonds is 5. The number of carbonyl (C=O) groups is 1. The molecule has 5 nitrogen and oxygen atoms in total. The number of hydrogen-bond donors (Lipinski definition) is 2. The largest absolute Gasteiger partial charge is 0.326 e. The minimum atomic E-state index is -3.88. The Morgan fingerprint density at radius 1 is 1.04 bits per heavy atom. The van der Waals surface area contributed by atoms with Crippen LogP contribution in [0.5, 0.6) is 0 Å². The van der Waals surface area contributed by atoms with E-state index in [4.69, 9.17) is 0 Å². The maximum atomic E-state index is 13.0. The summed E-state index contributed by atoms with van der Waals surface area (Å²) >= 11 is 0. The number of nitrogens with one attached hydrogen (secondary N) is 2. The van der Waals surface area contributed by atoms with Gasteiger partial charge in [0.2, 0.25) is 5.91 Å². The molecule has 0 aromatic heterocycles. The van der Waals surface area contributed by atoms with Crippen molar-refractivity contribution >= 4 is 27.3 Å². The van der Waals surface area contributed by atoms with Crippen LogP contribution in [-0.4, -0.2) is 14.3 Å². The van der Waals surface area contributed by atoms with Crippen molar-refractivity contribution in [2.45, 2.75) is 24.7 Å². The van der Waals surface area contributed by atoms with Crippen LogP contribution in [0.2, 0.25) is 0 Å². The number of halogens is 1. The van der Waals surface area contributed by atoms with E-state index in [0.29, 0.717) is 17.2 Å². The molecule has 1 fully saturated rings. The Labute approximate surface area is 163 Å². The molecular formula is C21H21FN2O3S. The van der Waals surface area contributed by atoms with Crippen molar-refractivity contribution in [2.75, 3.05) is 10.0 Å².